The Morgan fingerprint density at radius 3 is 2.67 bits per heavy atom. The Hall–Kier alpha value is -1.92. The smallest absolute Gasteiger partial charge is 0.247 e. The van der Waals surface area contributed by atoms with Crippen molar-refractivity contribution in [3.63, 3.8) is 0 Å². The summed E-state index contributed by atoms with van der Waals surface area (Å²) in [6.45, 7) is 0.349. The maximum atomic E-state index is 12.0. The number of rotatable bonds is 3. The van der Waals surface area contributed by atoms with Gasteiger partial charge in [0, 0.05) is 19.3 Å². The molecule has 0 unspecified atom stereocenters. The van der Waals surface area contributed by atoms with Crippen molar-refractivity contribution in [2.75, 3.05) is 25.0 Å². The number of piperazine rings is 1. The lowest BCUT2D eigenvalue weighted by molar-refractivity contribution is -0.136. The van der Waals surface area contributed by atoms with Crippen LogP contribution in [0.25, 0.3) is 0 Å². The van der Waals surface area contributed by atoms with Gasteiger partial charge in [0.2, 0.25) is 11.8 Å². The summed E-state index contributed by atoms with van der Waals surface area (Å²) in [4.78, 5) is 26.5. The summed E-state index contributed by atoms with van der Waals surface area (Å²) < 4.78 is 0. The van der Waals surface area contributed by atoms with E-state index >= 15 is 0 Å². The van der Waals surface area contributed by atoms with Crippen LogP contribution < -0.4 is 10.4 Å². The highest BCUT2D eigenvalue weighted by Gasteiger charge is 2.29. The molecule has 6 nitrogen and oxygen atoms in total. The van der Waals surface area contributed by atoms with Crippen molar-refractivity contribution in [2.24, 2.45) is 0 Å². The van der Waals surface area contributed by atoms with Gasteiger partial charge in [0.05, 0.1) is 6.54 Å². The van der Waals surface area contributed by atoms with Crippen LogP contribution >= 0.6 is 0 Å². The van der Waals surface area contributed by atoms with Gasteiger partial charge in [-0.2, -0.15) is 0 Å². The lowest BCUT2D eigenvalue weighted by Gasteiger charge is -2.32. The number of para-hydroxylation sites is 1. The first-order valence-electron chi connectivity index (χ1n) is 5.62. The van der Waals surface area contributed by atoms with Crippen LogP contribution in [0, 0.1) is 0 Å². The molecule has 1 saturated heterocycles. The van der Waals surface area contributed by atoms with Crippen molar-refractivity contribution < 1.29 is 14.8 Å². The first-order chi connectivity index (χ1) is 8.63. The molecule has 6 heteroatoms. The minimum atomic E-state index is -0.123. The van der Waals surface area contributed by atoms with Gasteiger partial charge in [-0.3, -0.25) is 9.59 Å². The van der Waals surface area contributed by atoms with Crippen molar-refractivity contribution in [2.45, 2.75) is 6.54 Å². The topological polar surface area (TPSA) is 72.9 Å². The number of carbonyl (C=O) groups excluding carboxylic acids is 2. The molecule has 0 spiro atoms. The zero-order valence-electron chi connectivity index (χ0n) is 10.1. The van der Waals surface area contributed by atoms with Crippen LogP contribution in [0.3, 0.4) is 0 Å². The van der Waals surface area contributed by atoms with Crippen molar-refractivity contribution in [1.82, 2.24) is 10.4 Å². The molecule has 18 heavy (non-hydrogen) atoms. The highest BCUT2D eigenvalue weighted by atomic mass is 16.5. The van der Waals surface area contributed by atoms with Gasteiger partial charge in [-0.25, -0.2) is 5.48 Å². The number of amides is 2. The zero-order chi connectivity index (χ0) is 13.1. The molecule has 1 heterocycles. The SMILES string of the molecule is CN1CC(=O)N(c2ccccc2CNO)CC1=O. The number of hydrogen-bond donors (Lipinski definition) is 2. The third-order valence-corrected chi connectivity index (χ3v) is 2.94. The second-order valence-corrected chi connectivity index (χ2v) is 4.19. The molecule has 1 aromatic rings. The Kier molecular flexibility index (Phi) is 3.59. The molecule has 0 bridgehead atoms. The van der Waals surface area contributed by atoms with Crippen LogP contribution in [0.1, 0.15) is 5.56 Å². The van der Waals surface area contributed by atoms with Crippen molar-refractivity contribution in [3.05, 3.63) is 29.8 Å². The fourth-order valence-electron chi connectivity index (χ4n) is 1.95. The van der Waals surface area contributed by atoms with Crippen molar-refractivity contribution in [3.8, 4) is 0 Å². The molecule has 0 radical (unpaired) electrons. The molecule has 2 amide bonds. The molecule has 0 aliphatic carbocycles. The van der Waals surface area contributed by atoms with Gasteiger partial charge in [-0.1, -0.05) is 18.2 Å². The van der Waals surface area contributed by atoms with Gasteiger partial charge in [0.15, 0.2) is 0 Å². The number of carbonyl (C=O) groups is 2. The van der Waals surface area contributed by atoms with Crippen LogP contribution in [-0.4, -0.2) is 42.1 Å². The fraction of sp³-hybridized carbons (Fsp3) is 0.333. The van der Waals surface area contributed by atoms with Gasteiger partial charge < -0.3 is 15.0 Å². The molecule has 1 aromatic carbocycles. The van der Waals surface area contributed by atoms with E-state index in [9.17, 15) is 9.59 Å². The largest absolute Gasteiger partial charge is 0.335 e. The Bertz CT molecular complexity index is 475. The predicted molar refractivity (Wildman–Crippen MR) is 65.1 cm³/mol. The van der Waals surface area contributed by atoms with Crippen LogP contribution in [0.2, 0.25) is 0 Å². The molecule has 0 aromatic heterocycles. The van der Waals surface area contributed by atoms with Crippen LogP contribution in [0.5, 0.6) is 0 Å². The average Bonchev–Trinajstić information content (AvgIpc) is 2.35. The normalized spacial score (nSPS) is 16.3. The monoisotopic (exact) mass is 249 g/mol. The van der Waals surface area contributed by atoms with E-state index in [1.165, 1.54) is 9.80 Å². The van der Waals surface area contributed by atoms with Crippen LogP contribution in [0.4, 0.5) is 5.69 Å². The molecule has 0 atom stereocenters. The van der Waals surface area contributed by atoms with E-state index < -0.39 is 0 Å². The molecule has 2 rings (SSSR count). The summed E-state index contributed by atoms with van der Waals surface area (Å²) in [5.74, 6) is -0.219. The molecule has 96 valence electrons. The van der Waals surface area contributed by atoms with E-state index in [1.54, 1.807) is 25.2 Å². The highest BCUT2D eigenvalue weighted by Crippen LogP contribution is 2.22. The second-order valence-electron chi connectivity index (χ2n) is 4.19. The first-order valence-corrected chi connectivity index (χ1v) is 5.62. The number of hydrogen-bond acceptors (Lipinski definition) is 4. The molecular formula is C12H15N3O3. The third kappa shape index (κ3) is 2.34. The number of nitrogens with zero attached hydrogens (tertiary/aromatic N) is 2. The summed E-state index contributed by atoms with van der Waals surface area (Å²) >= 11 is 0. The zero-order valence-corrected chi connectivity index (χ0v) is 10.1. The van der Waals surface area contributed by atoms with Gasteiger partial charge in [-0.15, -0.1) is 0 Å². The van der Waals surface area contributed by atoms with Crippen LogP contribution in [-0.2, 0) is 16.1 Å². The highest BCUT2D eigenvalue weighted by molar-refractivity contribution is 6.04. The van der Waals surface area contributed by atoms with Gasteiger partial charge in [0.25, 0.3) is 0 Å². The van der Waals surface area contributed by atoms with E-state index in [1.807, 2.05) is 6.07 Å². The maximum Gasteiger partial charge on any atom is 0.247 e. The Morgan fingerprint density at radius 1 is 1.22 bits per heavy atom. The second kappa shape index (κ2) is 5.16. The van der Waals surface area contributed by atoms with Crippen LogP contribution in [0.15, 0.2) is 24.3 Å². The average molecular weight is 249 g/mol. The standard InChI is InChI=1S/C12H15N3O3/c1-14-7-12(17)15(8-11(14)16)10-5-3-2-4-9(10)6-13-18/h2-5,13,18H,6-8H2,1H3. The van der Waals surface area contributed by atoms with E-state index in [4.69, 9.17) is 5.21 Å². The number of benzene rings is 1. The van der Waals surface area contributed by atoms with Gasteiger partial charge in [0.1, 0.15) is 6.54 Å². The lowest BCUT2D eigenvalue weighted by Crippen LogP contribution is -2.52. The summed E-state index contributed by atoms with van der Waals surface area (Å²) in [6, 6.07) is 7.18. The Balaban J connectivity index is 2.30. The number of nitrogens with one attached hydrogen (secondary N) is 1. The molecular weight excluding hydrogens is 234 g/mol. The maximum absolute atomic E-state index is 12.0. The molecule has 0 saturated carbocycles. The minimum Gasteiger partial charge on any atom is -0.335 e. The quantitative estimate of drug-likeness (QED) is 0.738. The summed E-state index contributed by atoms with van der Waals surface area (Å²) in [5.41, 5.74) is 3.49. The molecule has 1 fully saturated rings. The van der Waals surface area contributed by atoms with E-state index in [-0.39, 0.29) is 31.4 Å². The van der Waals surface area contributed by atoms with Gasteiger partial charge >= 0.3 is 0 Å². The van der Waals surface area contributed by atoms with E-state index in [0.717, 1.165) is 5.56 Å². The third-order valence-electron chi connectivity index (χ3n) is 2.94. The van der Waals surface area contributed by atoms with E-state index in [0.29, 0.717) is 5.69 Å². The number of likely N-dealkylation sites (N-methyl/N-ethyl adjacent to an activating group) is 1. The number of anilines is 1. The van der Waals surface area contributed by atoms with Crippen molar-refractivity contribution in [1.29, 1.82) is 0 Å². The summed E-state index contributed by atoms with van der Waals surface area (Å²) in [6.07, 6.45) is 0. The molecule has 2 N–H and O–H groups in total. The van der Waals surface area contributed by atoms with E-state index in [2.05, 4.69) is 5.48 Å². The number of hydroxylamine groups is 1. The molecule has 1 aliphatic rings. The minimum absolute atomic E-state index is 0.0395. The van der Waals surface area contributed by atoms with Gasteiger partial charge in [-0.05, 0) is 11.6 Å². The summed E-state index contributed by atoms with van der Waals surface area (Å²) in [7, 11) is 1.61. The first kappa shape index (κ1) is 12.5. The van der Waals surface area contributed by atoms with Crippen molar-refractivity contribution >= 4 is 17.5 Å². The predicted octanol–water partition coefficient (Wildman–Crippen LogP) is -0.0296. The Morgan fingerprint density at radius 2 is 1.94 bits per heavy atom. The fourth-order valence-corrected chi connectivity index (χ4v) is 1.95. The summed E-state index contributed by atoms with van der Waals surface area (Å²) in [5, 5.41) is 8.77. The lowest BCUT2D eigenvalue weighted by atomic mass is 10.1. The Labute approximate surface area is 105 Å². The molecule has 1 aliphatic heterocycles.